The number of amides is 1. The third-order valence-electron chi connectivity index (χ3n) is 5.19. The number of hydrogen-bond acceptors (Lipinski definition) is 5. The summed E-state index contributed by atoms with van der Waals surface area (Å²) in [4.78, 5) is 29.7. The first-order valence-electron chi connectivity index (χ1n) is 10.2. The van der Waals surface area contributed by atoms with E-state index in [4.69, 9.17) is 16.0 Å². The summed E-state index contributed by atoms with van der Waals surface area (Å²) in [5.74, 6) is 0.644. The smallest absolute Gasteiger partial charge is 0.291 e. The number of anilines is 1. The Morgan fingerprint density at radius 3 is 2.55 bits per heavy atom. The van der Waals surface area contributed by atoms with E-state index in [2.05, 4.69) is 10.3 Å². The molecule has 2 aromatic carbocycles. The molecule has 0 spiro atoms. The maximum atomic E-state index is 12.4. The SMILES string of the molecule is Cc1ccc(C(=O)Nc2ccc(-c3cc4c(s3)c(=O)ncn4Cc3ccc(Cl)cc3)cc2)o1. The molecule has 0 aliphatic rings. The molecule has 0 aliphatic heterocycles. The highest BCUT2D eigenvalue weighted by Crippen LogP contribution is 2.32. The lowest BCUT2D eigenvalue weighted by atomic mass is 10.1. The molecule has 0 fully saturated rings. The Kier molecular flexibility index (Phi) is 5.58. The van der Waals surface area contributed by atoms with Crippen LogP contribution in [0.15, 0.2) is 82.3 Å². The van der Waals surface area contributed by atoms with Crippen molar-refractivity contribution in [2.24, 2.45) is 0 Å². The van der Waals surface area contributed by atoms with E-state index in [-0.39, 0.29) is 17.2 Å². The number of aryl methyl sites for hydroxylation is 1. The average Bonchev–Trinajstić information content (AvgIpc) is 3.45. The molecule has 0 radical (unpaired) electrons. The number of nitrogens with one attached hydrogen (secondary N) is 1. The van der Waals surface area contributed by atoms with E-state index in [1.165, 1.54) is 11.3 Å². The van der Waals surface area contributed by atoms with Crippen molar-refractivity contribution in [2.45, 2.75) is 13.5 Å². The molecule has 0 atom stereocenters. The zero-order valence-electron chi connectivity index (χ0n) is 17.5. The fourth-order valence-corrected chi connectivity index (χ4v) is 4.70. The van der Waals surface area contributed by atoms with Gasteiger partial charge in [0.25, 0.3) is 11.5 Å². The summed E-state index contributed by atoms with van der Waals surface area (Å²) in [6, 6.07) is 20.5. The number of halogens is 1. The highest BCUT2D eigenvalue weighted by atomic mass is 35.5. The molecule has 164 valence electrons. The number of benzene rings is 2. The summed E-state index contributed by atoms with van der Waals surface area (Å²) in [6.45, 7) is 2.37. The number of carbonyl (C=O) groups excluding carboxylic acids is 1. The van der Waals surface area contributed by atoms with E-state index in [9.17, 15) is 9.59 Å². The number of hydrogen-bond donors (Lipinski definition) is 1. The fourth-order valence-electron chi connectivity index (χ4n) is 3.51. The molecule has 5 aromatic rings. The van der Waals surface area contributed by atoms with Crippen molar-refractivity contribution in [1.29, 1.82) is 0 Å². The minimum Gasteiger partial charge on any atom is -0.456 e. The first-order chi connectivity index (χ1) is 16.0. The molecule has 33 heavy (non-hydrogen) atoms. The molecule has 0 aliphatic carbocycles. The zero-order valence-corrected chi connectivity index (χ0v) is 19.1. The third kappa shape index (κ3) is 4.46. The Morgan fingerprint density at radius 2 is 1.85 bits per heavy atom. The Balaban J connectivity index is 1.41. The van der Waals surface area contributed by atoms with Crippen LogP contribution in [0.5, 0.6) is 0 Å². The summed E-state index contributed by atoms with van der Waals surface area (Å²) >= 11 is 7.39. The molecule has 1 amide bonds. The van der Waals surface area contributed by atoms with Crippen molar-refractivity contribution < 1.29 is 9.21 Å². The number of nitrogens with zero attached hydrogens (tertiary/aromatic N) is 2. The molecular weight excluding hydrogens is 458 g/mol. The van der Waals surface area contributed by atoms with Crippen LogP contribution in [0.3, 0.4) is 0 Å². The molecular formula is C25H18ClN3O3S. The van der Waals surface area contributed by atoms with Crippen LogP contribution in [0.4, 0.5) is 5.69 Å². The highest BCUT2D eigenvalue weighted by Gasteiger charge is 2.13. The van der Waals surface area contributed by atoms with Gasteiger partial charge in [0.15, 0.2) is 5.76 Å². The van der Waals surface area contributed by atoms with Crippen LogP contribution < -0.4 is 10.9 Å². The van der Waals surface area contributed by atoms with E-state index in [1.807, 2.05) is 59.2 Å². The lowest BCUT2D eigenvalue weighted by molar-refractivity contribution is 0.0995. The minimum atomic E-state index is -0.303. The van der Waals surface area contributed by atoms with Gasteiger partial charge >= 0.3 is 0 Å². The van der Waals surface area contributed by atoms with Gasteiger partial charge in [0, 0.05) is 22.1 Å². The van der Waals surface area contributed by atoms with E-state index >= 15 is 0 Å². The summed E-state index contributed by atoms with van der Waals surface area (Å²) in [7, 11) is 0. The van der Waals surface area contributed by atoms with Gasteiger partial charge in [-0.15, -0.1) is 11.3 Å². The molecule has 3 heterocycles. The number of carbonyl (C=O) groups is 1. The Bertz CT molecular complexity index is 1520. The van der Waals surface area contributed by atoms with Crippen LogP contribution in [0.1, 0.15) is 21.9 Å². The van der Waals surface area contributed by atoms with Gasteiger partial charge in [0.1, 0.15) is 10.5 Å². The standard InChI is InChI=1S/C25H18ClN3O3S/c1-15-2-11-21(32-15)24(30)28-19-9-5-17(6-10-19)22-12-20-23(33-22)25(31)27-14-29(20)13-16-3-7-18(26)8-4-16/h2-12,14H,13H2,1H3,(H,28,30). The molecule has 0 saturated heterocycles. The van der Waals surface area contributed by atoms with Crippen molar-refractivity contribution in [1.82, 2.24) is 9.55 Å². The first kappa shape index (κ1) is 21.2. The molecule has 1 N–H and O–H groups in total. The van der Waals surface area contributed by atoms with Crippen molar-refractivity contribution in [3.63, 3.8) is 0 Å². The Labute approximate surface area is 198 Å². The quantitative estimate of drug-likeness (QED) is 0.339. The van der Waals surface area contributed by atoms with Crippen molar-refractivity contribution in [3.05, 3.63) is 106 Å². The lowest BCUT2D eigenvalue weighted by Gasteiger charge is -2.07. The van der Waals surface area contributed by atoms with Gasteiger partial charge in [-0.3, -0.25) is 9.59 Å². The van der Waals surface area contributed by atoms with Gasteiger partial charge in [-0.2, -0.15) is 4.98 Å². The maximum Gasteiger partial charge on any atom is 0.291 e. The molecule has 0 bridgehead atoms. The van der Waals surface area contributed by atoms with Gasteiger partial charge in [-0.05, 0) is 60.5 Å². The van der Waals surface area contributed by atoms with Crippen LogP contribution in [-0.2, 0) is 6.54 Å². The van der Waals surface area contributed by atoms with Crippen LogP contribution in [-0.4, -0.2) is 15.5 Å². The second kappa shape index (κ2) is 8.69. The van der Waals surface area contributed by atoms with Crippen LogP contribution >= 0.6 is 22.9 Å². The number of fused-ring (bicyclic) bond motifs is 1. The Hall–Kier alpha value is -3.68. The van der Waals surface area contributed by atoms with E-state index in [1.54, 1.807) is 25.4 Å². The van der Waals surface area contributed by atoms with Gasteiger partial charge in [0.05, 0.1) is 11.8 Å². The Morgan fingerprint density at radius 1 is 1.09 bits per heavy atom. The first-order valence-corrected chi connectivity index (χ1v) is 11.4. The monoisotopic (exact) mass is 475 g/mol. The van der Waals surface area contributed by atoms with E-state index in [0.29, 0.717) is 27.7 Å². The van der Waals surface area contributed by atoms with Crippen LogP contribution in [0.2, 0.25) is 5.02 Å². The second-order valence-corrected chi connectivity index (χ2v) is 9.06. The molecule has 0 saturated carbocycles. The fraction of sp³-hybridized carbons (Fsp3) is 0.0800. The van der Waals surface area contributed by atoms with Crippen molar-refractivity contribution in [2.75, 3.05) is 5.32 Å². The molecule has 0 unspecified atom stereocenters. The predicted molar refractivity (Wildman–Crippen MR) is 131 cm³/mol. The number of furan rings is 1. The topological polar surface area (TPSA) is 77.1 Å². The summed E-state index contributed by atoms with van der Waals surface area (Å²) in [5, 5.41) is 3.50. The zero-order chi connectivity index (χ0) is 22.9. The van der Waals surface area contributed by atoms with Crippen LogP contribution in [0.25, 0.3) is 20.7 Å². The summed E-state index contributed by atoms with van der Waals surface area (Å²) in [6.07, 6.45) is 1.57. The number of rotatable bonds is 5. The van der Waals surface area contributed by atoms with Gasteiger partial charge in [-0.1, -0.05) is 35.9 Å². The largest absolute Gasteiger partial charge is 0.456 e. The maximum absolute atomic E-state index is 12.4. The molecule has 5 rings (SSSR count). The van der Waals surface area contributed by atoms with Crippen molar-refractivity contribution >= 4 is 44.7 Å². The normalized spacial score (nSPS) is 11.1. The molecule has 8 heteroatoms. The molecule has 6 nitrogen and oxygen atoms in total. The van der Waals surface area contributed by atoms with Crippen molar-refractivity contribution in [3.8, 4) is 10.4 Å². The summed E-state index contributed by atoms with van der Waals surface area (Å²) < 4.78 is 7.92. The highest BCUT2D eigenvalue weighted by molar-refractivity contribution is 7.22. The lowest BCUT2D eigenvalue weighted by Crippen LogP contribution is -2.11. The summed E-state index contributed by atoms with van der Waals surface area (Å²) in [5.41, 5.74) is 3.25. The minimum absolute atomic E-state index is 0.244. The van der Waals surface area contributed by atoms with Crippen LogP contribution in [0, 0.1) is 6.92 Å². The van der Waals surface area contributed by atoms with Gasteiger partial charge in [0.2, 0.25) is 0 Å². The number of aromatic nitrogens is 2. The van der Waals surface area contributed by atoms with E-state index < -0.39 is 0 Å². The molecule has 3 aromatic heterocycles. The second-order valence-electron chi connectivity index (χ2n) is 7.57. The van der Waals surface area contributed by atoms with Gasteiger partial charge in [-0.25, -0.2) is 0 Å². The van der Waals surface area contributed by atoms with E-state index in [0.717, 1.165) is 21.5 Å². The van der Waals surface area contributed by atoms with Gasteiger partial charge < -0.3 is 14.3 Å². The predicted octanol–water partition coefficient (Wildman–Crippen LogP) is 5.98. The average molecular weight is 476 g/mol. The number of thiophene rings is 1. The third-order valence-corrected chi connectivity index (χ3v) is 6.60.